The van der Waals surface area contributed by atoms with Crippen LogP contribution in [0.1, 0.15) is 24.4 Å². The second-order valence-corrected chi connectivity index (χ2v) is 6.72. The van der Waals surface area contributed by atoms with Crippen molar-refractivity contribution < 1.29 is 9.53 Å². The van der Waals surface area contributed by atoms with E-state index in [4.69, 9.17) is 16.3 Å². The van der Waals surface area contributed by atoms with Crippen LogP contribution < -0.4 is 5.32 Å². The molecule has 0 saturated carbocycles. The number of benzene rings is 1. The predicted octanol–water partition coefficient (Wildman–Crippen LogP) is 2.52. The average Bonchev–Trinajstić information content (AvgIpc) is 3.02. The number of fused-ring (bicyclic) bond motifs is 1. The molecular weight excluding hydrogens is 314 g/mol. The molecule has 2 atom stereocenters. The number of carbonyl (C=O) groups is 1. The molecule has 0 bridgehead atoms. The van der Waals surface area contributed by atoms with Gasteiger partial charge >= 0.3 is 6.03 Å². The van der Waals surface area contributed by atoms with E-state index in [0.717, 1.165) is 25.2 Å². The largest absolute Gasteiger partial charge is 0.382 e. The summed E-state index contributed by atoms with van der Waals surface area (Å²) in [6, 6.07) is 7.90. The first-order chi connectivity index (χ1) is 11.2. The molecule has 1 aromatic carbocycles. The molecule has 2 amide bonds. The van der Waals surface area contributed by atoms with Crippen LogP contribution in [0.4, 0.5) is 4.79 Å². The monoisotopic (exact) mass is 337 g/mol. The molecule has 1 aromatic rings. The molecule has 2 saturated heterocycles. The van der Waals surface area contributed by atoms with Gasteiger partial charge in [0.2, 0.25) is 0 Å². The first-order valence-corrected chi connectivity index (χ1v) is 8.59. The maximum Gasteiger partial charge on any atom is 0.318 e. The molecular formula is C17H24ClN3O2. The van der Waals surface area contributed by atoms with Gasteiger partial charge in [-0.2, -0.15) is 0 Å². The second kappa shape index (κ2) is 7.51. The van der Waals surface area contributed by atoms with Crippen LogP contribution in [0.15, 0.2) is 24.3 Å². The van der Waals surface area contributed by atoms with Crippen LogP contribution in [-0.4, -0.2) is 61.8 Å². The van der Waals surface area contributed by atoms with E-state index in [0.29, 0.717) is 17.7 Å². The lowest BCUT2D eigenvalue weighted by Gasteiger charge is -2.38. The number of hydrogen-bond acceptors (Lipinski definition) is 3. The van der Waals surface area contributed by atoms with Crippen LogP contribution in [-0.2, 0) is 4.74 Å². The van der Waals surface area contributed by atoms with Gasteiger partial charge in [-0.25, -0.2) is 4.79 Å². The minimum atomic E-state index is -0.161. The maximum absolute atomic E-state index is 12.6. The van der Waals surface area contributed by atoms with E-state index < -0.39 is 0 Å². The Labute approximate surface area is 142 Å². The highest BCUT2D eigenvalue weighted by atomic mass is 35.5. The normalized spacial score (nSPS) is 22.7. The Morgan fingerprint density at radius 1 is 1.35 bits per heavy atom. The van der Waals surface area contributed by atoms with Gasteiger partial charge in [-0.1, -0.05) is 23.7 Å². The molecule has 5 nitrogen and oxygen atoms in total. The summed E-state index contributed by atoms with van der Waals surface area (Å²) < 4.78 is 5.27. The molecule has 0 aliphatic carbocycles. The fraction of sp³-hybridized carbons (Fsp3) is 0.588. The summed E-state index contributed by atoms with van der Waals surface area (Å²) in [7, 11) is 1.65. The number of carbonyl (C=O) groups excluding carboxylic acids is 1. The van der Waals surface area contributed by atoms with E-state index in [1.54, 1.807) is 7.11 Å². The van der Waals surface area contributed by atoms with Gasteiger partial charge in [0.1, 0.15) is 0 Å². The van der Waals surface area contributed by atoms with Gasteiger partial charge in [0.25, 0.3) is 0 Å². The lowest BCUT2D eigenvalue weighted by atomic mass is 10.1. The predicted molar refractivity (Wildman–Crippen MR) is 90.8 cm³/mol. The summed E-state index contributed by atoms with van der Waals surface area (Å²) in [5.41, 5.74) is 1.00. The first kappa shape index (κ1) is 16.6. The van der Waals surface area contributed by atoms with Crippen molar-refractivity contribution >= 4 is 17.6 Å². The van der Waals surface area contributed by atoms with Gasteiger partial charge in [0.15, 0.2) is 0 Å². The molecule has 1 N–H and O–H groups in total. The highest BCUT2D eigenvalue weighted by molar-refractivity contribution is 6.30. The fourth-order valence-electron chi connectivity index (χ4n) is 3.50. The van der Waals surface area contributed by atoms with Gasteiger partial charge in [0.05, 0.1) is 12.6 Å². The topological polar surface area (TPSA) is 44.8 Å². The molecule has 23 heavy (non-hydrogen) atoms. The third-order valence-electron chi connectivity index (χ3n) is 4.78. The van der Waals surface area contributed by atoms with Crippen LogP contribution in [0.3, 0.4) is 0 Å². The standard InChI is InChI=1S/C17H24ClN3O2/c1-23-12-16(13-4-6-14(18)7-5-13)19-17(22)21-10-9-20-8-2-3-15(20)11-21/h4-7,15-16H,2-3,8-12H2,1H3,(H,19,22)/t15-,16-/m1/s1. The zero-order chi connectivity index (χ0) is 16.2. The minimum absolute atomic E-state index is 0.00597. The van der Waals surface area contributed by atoms with Crippen molar-refractivity contribution in [1.82, 2.24) is 15.1 Å². The van der Waals surface area contributed by atoms with Gasteiger partial charge in [0, 0.05) is 37.8 Å². The molecule has 0 aromatic heterocycles. The Hall–Kier alpha value is -1.30. The molecule has 0 spiro atoms. The van der Waals surface area contributed by atoms with Crippen molar-refractivity contribution in [3.63, 3.8) is 0 Å². The Bertz CT molecular complexity index is 537. The molecule has 2 heterocycles. The van der Waals surface area contributed by atoms with Crippen molar-refractivity contribution in [2.24, 2.45) is 0 Å². The van der Waals surface area contributed by atoms with Crippen molar-refractivity contribution in [3.05, 3.63) is 34.9 Å². The SMILES string of the molecule is COC[C@@H](NC(=O)N1CCN2CCC[C@@H]2C1)c1ccc(Cl)cc1. The molecule has 2 aliphatic heterocycles. The molecule has 6 heteroatoms. The zero-order valence-electron chi connectivity index (χ0n) is 13.5. The van der Waals surface area contributed by atoms with Gasteiger partial charge in [-0.3, -0.25) is 4.90 Å². The highest BCUT2D eigenvalue weighted by Gasteiger charge is 2.33. The number of hydrogen-bond donors (Lipinski definition) is 1. The number of methoxy groups -OCH3 is 1. The second-order valence-electron chi connectivity index (χ2n) is 6.29. The van der Waals surface area contributed by atoms with Gasteiger partial charge in [-0.15, -0.1) is 0 Å². The summed E-state index contributed by atoms with van der Waals surface area (Å²) in [5, 5.41) is 3.79. The van der Waals surface area contributed by atoms with Crippen LogP contribution in [0.25, 0.3) is 0 Å². The first-order valence-electron chi connectivity index (χ1n) is 8.21. The number of urea groups is 1. The smallest absolute Gasteiger partial charge is 0.318 e. The number of nitrogens with one attached hydrogen (secondary N) is 1. The van der Waals surface area contributed by atoms with Crippen LogP contribution in [0.5, 0.6) is 0 Å². The number of rotatable bonds is 4. The molecule has 0 unspecified atom stereocenters. The van der Waals surface area contributed by atoms with Gasteiger partial charge < -0.3 is 15.0 Å². The van der Waals surface area contributed by atoms with Crippen molar-refractivity contribution in [2.45, 2.75) is 24.9 Å². The lowest BCUT2D eigenvalue weighted by molar-refractivity contribution is 0.110. The third-order valence-corrected chi connectivity index (χ3v) is 5.03. The highest BCUT2D eigenvalue weighted by Crippen LogP contribution is 2.22. The molecule has 126 valence electrons. The Kier molecular flexibility index (Phi) is 5.41. The maximum atomic E-state index is 12.6. The summed E-state index contributed by atoms with van der Waals surface area (Å²) in [5.74, 6) is 0. The number of piperazine rings is 1. The molecule has 3 rings (SSSR count). The number of amides is 2. The summed E-state index contributed by atoms with van der Waals surface area (Å²) in [6.07, 6.45) is 2.44. The Balaban J connectivity index is 1.62. The molecule has 2 aliphatic rings. The Morgan fingerprint density at radius 2 is 2.13 bits per heavy atom. The van der Waals surface area contributed by atoms with Crippen LogP contribution >= 0.6 is 11.6 Å². The zero-order valence-corrected chi connectivity index (χ0v) is 14.3. The van der Waals surface area contributed by atoms with Crippen LogP contribution in [0.2, 0.25) is 5.02 Å². The van der Waals surface area contributed by atoms with E-state index in [9.17, 15) is 4.79 Å². The third kappa shape index (κ3) is 3.97. The Morgan fingerprint density at radius 3 is 2.87 bits per heavy atom. The number of halogens is 1. The summed E-state index contributed by atoms with van der Waals surface area (Å²) in [4.78, 5) is 17.1. The summed E-state index contributed by atoms with van der Waals surface area (Å²) >= 11 is 5.94. The van der Waals surface area contributed by atoms with E-state index in [1.807, 2.05) is 29.2 Å². The van der Waals surface area contributed by atoms with E-state index in [1.165, 1.54) is 19.4 Å². The van der Waals surface area contributed by atoms with Gasteiger partial charge in [-0.05, 0) is 37.1 Å². The number of nitrogens with zero attached hydrogens (tertiary/aromatic N) is 2. The van der Waals surface area contributed by atoms with Crippen molar-refractivity contribution in [3.8, 4) is 0 Å². The molecule has 0 radical (unpaired) electrons. The lowest BCUT2D eigenvalue weighted by Crippen LogP contribution is -2.55. The minimum Gasteiger partial charge on any atom is -0.382 e. The van der Waals surface area contributed by atoms with Crippen molar-refractivity contribution in [1.29, 1.82) is 0 Å². The average molecular weight is 338 g/mol. The quantitative estimate of drug-likeness (QED) is 0.918. The molecule has 2 fully saturated rings. The van der Waals surface area contributed by atoms with E-state index in [2.05, 4.69) is 10.2 Å². The van der Waals surface area contributed by atoms with E-state index in [-0.39, 0.29) is 12.1 Å². The number of ether oxygens (including phenoxy) is 1. The fourth-order valence-corrected chi connectivity index (χ4v) is 3.62. The van der Waals surface area contributed by atoms with Crippen molar-refractivity contribution in [2.75, 3.05) is 39.9 Å². The summed E-state index contributed by atoms with van der Waals surface area (Å²) in [6.45, 7) is 4.22. The van der Waals surface area contributed by atoms with Crippen LogP contribution in [0, 0.1) is 0 Å². The van der Waals surface area contributed by atoms with E-state index >= 15 is 0 Å².